The van der Waals surface area contributed by atoms with Crippen LogP contribution in [0.5, 0.6) is 0 Å². The van der Waals surface area contributed by atoms with Gasteiger partial charge in [-0.2, -0.15) is 5.10 Å². The first kappa shape index (κ1) is 14.3. The van der Waals surface area contributed by atoms with E-state index in [1.54, 1.807) is 0 Å². The molecule has 3 atom stereocenters. The van der Waals surface area contributed by atoms with Crippen molar-refractivity contribution in [3.05, 3.63) is 29.1 Å². The van der Waals surface area contributed by atoms with Crippen molar-refractivity contribution >= 4 is 0 Å². The molecule has 1 N–H and O–H groups in total. The zero-order chi connectivity index (χ0) is 14.0. The zero-order valence-electron chi connectivity index (χ0n) is 12.6. The van der Waals surface area contributed by atoms with E-state index in [-0.39, 0.29) is 6.10 Å². The minimum atomic E-state index is -0.258. The van der Waals surface area contributed by atoms with Crippen LogP contribution in [0.15, 0.2) is 17.7 Å². The van der Waals surface area contributed by atoms with E-state index in [4.69, 9.17) is 0 Å². The Kier molecular flexibility index (Phi) is 4.46. The Bertz CT molecular complexity index is 461. The highest BCUT2D eigenvalue weighted by Gasteiger charge is 2.25. The number of nitrogens with zero attached hydrogens (tertiary/aromatic N) is 2. The highest BCUT2D eigenvalue weighted by atomic mass is 16.3. The molecule has 0 saturated heterocycles. The summed E-state index contributed by atoms with van der Waals surface area (Å²) in [4.78, 5) is 0. The first-order valence-corrected chi connectivity index (χ1v) is 7.36. The van der Waals surface area contributed by atoms with Crippen molar-refractivity contribution in [1.82, 2.24) is 9.78 Å². The fourth-order valence-electron chi connectivity index (χ4n) is 3.21. The molecule has 0 aliphatic heterocycles. The predicted octanol–water partition coefficient (Wildman–Crippen LogP) is 2.88. The van der Waals surface area contributed by atoms with Gasteiger partial charge in [0.25, 0.3) is 0 Å². The number of hydrogen-bond donors (Lipinski definition) is 1. The van der Waals surface area contributed by atoms with Crippen LogP contribution in [0, 0.1) is 11.8 Å². The summed E-state index contributed by atoms with van der Waals surface area (Å²) < 4.78 is 1.91. The molecule has 1 aliphatic carbocycles. The molecule has 0 radical (unpaired) electrons. The van der Waals surface area contributed by atoms with Crippen LogP contribution < -0.4 is 0 Å². The minimum Gasteiger partial charge on any atom is -0.392 e. The van der Waals surface area contributed by atoms with Crippen molar-refractivity contribution in [2.24, 2.45) is 18.9 Å². The van der Waals surface area contributed by atoms with E-state index < -0.39 is 0 Å². The average molecular weight is 262 g/mol. The lowest BCUT2D eigenvalue weighted by Gasteiger charge is -2.29. The standard InChI is InChI=1S/C16H26N2O/c1-5-14-9-15(18(4)17-14)10-16(19)13-7-11(2)6-12(3)8-13/h6,9,11,13,16,19H,5,7-8,10H2,1-4H3. The summed E-state index contributed by atoms with van der Waals surface area (Å²) in [6.07, 6.45) is 5.87. The summed E-state index contributed by atoms with van der Waals surface area (Å²) in [5.41, 5.74) is 3.67. The van der Waals surface area contributed by atoms with E-state index in [0.717, 1.165) is 30.7 Å². The van der Waals surface area contributed by atoms with Gasteiger partial charge < -0.3 is 5.11 Å². The topological polar surface area (TPSA) is 38.0 Å². The lowest BCUT2D eigenvalue weighted by Crippen LogP contribution is -2.27. The van der Waals surface area contributed by atoms with Crippen LogP contribution in [0.25, 0.3) is 0 Å². The number of aromatic nitrogens is 2. The molecule has 3 unspecified atom stereocenters. The maximum atomic E-state index is 10.5. The number of aryl methyl sites for hydroxylation is 2. The number of hydrogen-bond acceptors (Lipinski definition) is 2. The van der Waals surface area contributed by atoms with Crippen LogP contribution in [0.3, 0.4) is 0 Å². The Labute approximate surface area is 116 Å². The SMILES string of the molecule is CCc1cc(CC(O)C2CC(C)=CC(C)C2)n(C)n1. The lowest BCUT2D eigenvalue weighted by atomic mass is 9.79. The number of aliphatic hydroxyl groups is 1. The van der Waals surface area contributed by atoms with Gasteiger partial charge in [-0.1, -0.05) is 25.5 Å². The smallest absolute Gasteiger partial charge is 0.0626 e. The molecule has 0 amide bonds. The molecular formula is C16H26N2O. The minimum absolute atomic E-state index is 0.258. The van der Waals surface area contributed by atoms with Gasteiger partial charge in [0.05, 0.1) is 11.8 Å². The van der Waals surface area contributed by atoms with E-state index in [1.165, 1.54) is 5.57 Å². The molecule has 0 fully saturated rings. The molecular weight excluding hydrogens is 236 g/mol. The third kappa shape index (κ3) is 3.47. The molecule has 0 spiro atoms. The van der Waals surface area contributed by atoms with Gasteiger partial charge in [0.15, 0.2) is 0 Å². The molecule has 1 aliphatic rings. The largest absolute Gasteiger partial charge is 0.392 e. The second-order valence-electron chi connectivity index (χ2n) is 6.07. The van der Waals surface area contributed by atoms with Crippen molar-refractivity contribution in [3.63, 3.8) is 0 Å². The zero-order valence-corrected chi connectivity index (χ0v) is 12.6. The van der Waals surface area contributed by atoms with Gasteiger partial charge in [0.1, 0.15) is 0 Å². The predicted molar refractivity (Wildman–Crippen MR) is 77.9 cm³/mol. The second-order valence-corrected chi connectivity index (χ2v) is 6.07. The van der Waals surface area contributed by atoms with E-state index >= 15 is 0 Å². The molecule has 1 aromatic rings. The molecule has 1 heterocycles. The first-order valence-electron chi connectivity index (χ1n) is 7.36. The summed E-state index contributed by atoms with van der Waals surface area (Å²) in [6, 6.07) is 2.12. The van der Waals surface area contributed by atoms with E-state index in [9.17, 15) is 5.11 Å². The quantitative estimate of drug-likeness (QED) is 0.847. The molecule has 2 rings (SSSR count). The third-order valence-electron chi connectivity index (χ3n) is 4.18. The maximum Gasteiger partial charge on any atom is 0.0626 e. The van der Waals surface area contributed by atoms with Gasteiger partial charge in [-0.25, -0.2) is 0 Å². The van der Waals surface area contributed by atoms with Crippen molar-refractivity contribution in [2.45, 2.75) is 52.6 Å². The number of allylic oxidation sites excluding steroid dienone is 2. The summed E-state index contributed by atoms with van der Waals surface area (Å²) >= 11 is 0. The van der Waals surface area contributed by atoms with Gasteiger partial charge in [-0.15, -0.1) is 0 Å². The van der Waals surface area contributed by atoms with E-state index in [1.807, 2.05) is 11.7 Å². The number of rotatable bonds is 4. The molecule has 3 heteroatoms. The molecule has 106 valence electrons. The highest BCUT2D eigenvalue weighted by molar-refractivity contribution is 5.13. The van der Waals surface area contributed by atoms with Crippen LogP contribution in [0.1, 0.15) is 45.0 Å². The average Bonchev–Trinajstić information content (AvgIpc) is 2.69. The first-order chi connectivity index (χ1) is 8.99. The Hall–Kier alpha value is -1.09. The maximum absolute atomic E-state index is 10.5. The van der Waals surface area contributed by atoms with Gasteiger partial charge in [-0.05, 0) is 44.1 Å². The molecule has 0 saturated carbocycles. The van der Waals surface area contributed by atoms with Gasteiger partial charge >= 0.3 is 0 Å². The lowest BCUT2D eigenvalue weighted by molar-refractivity contribution is 0.0915. The fourth-order valence-corrected chi connectivity index (χ4v) is 3.21. The Morgan fingerprint density at radius 1 is 1.53 bits per heavy atom. The van der Waals surface area contributed by atoms with Gasteiger partial charge in [0, 0.05) is 19.2 Å². The summed E-state index contributed by atoms with van der Waals surface area (Å²) in [7, 11) is 1.97. The Morgan fingerprint density at radius 3 is 2.84 bits per heavy atom. The van der Waals surface area contributed by atoms with Crippen LogP contribution in [-0.2, 0) is 19.9 Å². The van der Waals surface area contributed by atoms with E-state index in [2.05, 4.69) is 38.0 Å². The molecule has 0 aromatic carbocycles. The summed E-state index contributed by atoms with van der Waals surface area (Å²) in [6.45, 7) is 6.52. The van der Waals surface area contributed by atoms with Crippen molar-refractivity contribution in [3.8, 4) is 0 Å². The van der Waals surface area contributed by atoms with Gasteiger partial charge in [-0.3, -0.25) is 4.68 Å². The summed E-state index contributed by atoms with van der Waals surface area (Å²) in [5, 5.41) is 15.0. The molecule has 0 bridgehead atoms. The molecule has 3 nitrogen and oxygen atoms in total. The van der Waals surface area contributed by atoms with Crippen molar-refractivity contribution < 1.29 is 5.11 Å². The number of aliphatic hydroxyl groups excluding tert-OH is 1. The summed E-state index contributed by atoms with van der Waals surface area (Å²) in [5.74, 6) is 0.978. The van der Waals surface area contributed by atoms with Crippen molar-refractivity contribution in [1.29, 1.82) is 0 Å². The van der Waals surface area contributed by atoms with Crippen molar-refractivity contribution in [2.75, 3.05) is 0 Å². The van der Waals surface area contributed by atoms with Crippen LogP contribution in [0.2, 0.25) is 0 Å². The van der Waals surface area contributed by atoms with E-state index in [0.29, 0.717) is 18.3 Å². The van der Waals surface area contributed by atoms with Crippen LogP contribution in [0.4, 0.5) is 0 Å². The van der Waals surface area contributed by atoms with Gasteiger partial charge in [0.2, 0.25) is 0 Å². The molecule has 1 aromatic heterocycles. The third-order valence-corrected chi connectivity index (χ3v) is 4.18. The Morgan fingerprint density at radius 2 is 2.26 bits per heavy atom. The molecule has 19 heavy (non-hydrogen) atoms. The monoisotopic (exact) mass is 262 g/mol. The van der Waals surface area contributed by atoms with Crippen LogP contribution >= 0.6 is 0 Å². The Balaban J connectivity index is 2.02. The highest BCUT2D eigenvalue weighted by Crippen LogP contribution is 2.31. The second kappa shape index (κ2) is 5.91. The normalized spacial score (nSPS) is 25.2. The fraction of sp³-hybridized carbons (Fsp3) is 0.688. The van der Waals surface area contributed by atoms with Crippen LogP contribution in [-0.4, -0.2) is 21.0 Å².